The van der Waals surface area contributed by atoms with Crippen molar-refractivity contribution in [3.8, 4) is 5.75 Å². The van der Waals surface area contributed by atoms with Gasteiger partial charge in [-0.25, -0.2) is 0 Å². The summed E-state index contributed by atoms with van der Waals surface area (Å²) in [5, 5.41) is 0. The average Bonchev–Trinajstić information content (AvgIpc) is 2.05. The molecule has 0 N–H and O–H groups in total. The molecule has 0 bridgehead atoms. The summed E-state index contributed by atoms with van der Waals surface area (Å²) in [4.78, 5) is 0. The number of hydrogen-bond donors (Lipinski definition) is 0. The summed E-state index contributed by atoms with van der Waals surface area (Å²) in [6.07, 6.45) is 4.10. The van der Waals surface area contributed by atoms with Gasteiger partial charge in [-0.1, -0.05) is 24.3 Å². The van der Waals surface area contributed by atoms with Gasteiger partial charge in [-0.05, 0) is 12.1 Å². The molecule has 4 radical (unpaired) electrons. The van der Waals surface area contributed by atoms with Crippen molar-refractivity contribution in [2.75, 3.05) is 6.61 Å². The van der Waals surface area contributed by atoms with Crippen LogP contribution in [-0.2, 0) is 21.1 Å². The zero-order chi connectivity index (χ0) is 6.81. The smallest absolute Gasteiger partial charge is 0.126 e. The van der Waals surface area contributed by atoms with Crippen LogP contribution in [0.25, 0.3) is 6.08 Å². The fraction of sp³-hybridized carbons (Fsp3) is 0.100. The Bertz CT molecular complexity index is 268. The van der Waals surface area contributed by atoms with Gasteiger partial charge in [-0.2, -0.15) is 0 Å². The quantitative estimate of drug-likeness (QED) is 0.631. The summed E-state index contributed by atoms with van der Waals surface area (Å²) in [6, 6.07) is 8.03. The summed E-state index contributed by atoms with van der Waals surface area (Å²) < 4.78 is 5.34. The summed E-state index contributed by atoms with van der Waals surface area (Å²) in [6.45, 7) is 0.705. The van der Waals surface area contributed by atoms with Crippen molar-refractivity contribution in [2.24, 2.45) is 0 Å². The van der Waals surface area contributed by atoms with Crippen molar-refractivity contribution in [3.63, 3.8) is 0 Å². The van der Waals surface area contributed by atoms with Crippen LogP contribution < -0.4 is 4.74 Å². The van der Waals surface area contributed by atoms with Gasteiger partial charge in [0, 0.05) is 34.1 Å². The normalized spacial score (nSPS) is 11.7. The Morgan fingerprint density at radius 1 is 1.17 bits per heavy atom. The van der Waals surface area contributed by atoms with Gasteiger partial charge in [0.25, 0.3) is 0 Å². The first-order valence-electron chi connectivity index (χ1n) is 3.35. The number of hydrogen-bond acceptors (Lipinski definition) is 1. The molecule has 0 aromatic heterocycles. The van der Waals surface area contributed by atoms with Crippen molar-refractivity contribution in [1.29, 1.82) is 0 Å². The second kappa shape index (κ2) is 5.16. The maximum Gasteiger partial charge on any atom is 0.126 e. The number of rotatable bonds is 0. The van der Waals surface area contributed by atoms with E-state index in [1.807, 2.05) is 30.3 Å². The van der Waals surface area contributed by atoms with Crippen LogP contribution in [0.15, 0.2) is 30.3 Å². The second-order valence-electron chi connectivity index (χ2n) is 2.25. The predicted octanol–water partition coefficient (Wildman–Crippen LogP) is 2.17. The van der Waals surface area contributed by atoms with Gasteiger partial charge < -0.3 is 4.74 Å². The van der Waals surface area contributed by atoms with Crippen LogP contribution in [0.4, 0.5) is 0 Å². The van der Waals surface area contributed by atoms with Gasteiger partial charge in [0.05, 0.1) is 0 Å². The standard InChI is InChI=1S/C9H8O.C.Mo/c1-2-6-9-8(4-1)5-3-7-10-9;;/h1-6H,7H2;;. The molecule has 12 heavy (non-hydrogen) atoms. The van der Waals surface area contributed by atoms with Gasteiger partial charge in [0.2, 0.25) is 0 Å². The zero-order valence-corrected chi connectivity index (χ0v) is 8.49. The molecule has 2 heteroatoms. The van der Waals surface area contributed by atoms with Crippen molar-refractivity contribution < 1.29 is 25.8 Å². The third kappa shape index (κ3) is 2.22. The maximum absolute atomic E-state index is 5.34. The molecule has 0 fully saturated rings. The van der Waals surface area contributed by atoms with E-state index in [2.05, 4.69) is 6.08 Å². The van der Waals surface area contributed by atoms with E-state index >= 15 is 0 Å². The summed E-state index contributed by atoms with van der Waals surface area (Å²) in [7, 11) is 0. The summed E-state index contributed by atoms with van der Waals surface area (Å²) >= 11 is 0. The molecule has 1 heterocycles. The summed E-state index contributed by atoms with van der Waals surface area (Å²) in [5.74, 6) is 0.991. The largest absolute Gasteiger partial charge is 0.489 e. The van der Waals surface area contributed by atoms with Gasteiger partial charge in [0.1, 0.15) is 12.4 Å². The first-order chi connectivity index (χ1) is 4.97. The van der Waals surface area contributed by atoms with Crippen LogP contribution in [0, 0.1) is 7.43 Å². The molecule has 60 valence electrons. The van der Waals surface area contributed by atoms with Gasteiger partial charge in [-0.3, -0.25) is 0 Å². The van der Waals surface area contributed by atoms with Crippen molar-refractivity contribution in [2.45, 2.75) is 0 Å². The van der Waals surface area contributed by atoms with E-state index < -0.39 is 0 Å². The Morgan fingerprint density at radius 2 is 1.92 bits per heavy atom. The van der Waals surface area contributed by atoms with Crippen LogP contribution in [0.1, 0.15) is 5.56 Å². The molecule has 0 atom stereocenters. The van der Waals surface area contributed by atoms with Crippen LogP contribution in [0.5, 0.6) is 5.75 Å². The van der Waals surface area contributed by atoms with E-state index in [0.29, 0.717) is 6.61 Å². The van der Waals surface area contributed by atoms with Crippen LogP contribution >= 0.6 is 0 Å². The Labute approximate surface area is 87.7 Å². The monoisotopic (exact) mass is 242 g/mol. The number of ether oxygens (including phenoxy) is 1. The first-order valence-corrected chi connectivity index (χ1v) is 3.35. The van der Waals surface area contributed by atoms with E-state index in [1.165, 1.54) is 5.56 Å². The van der Waals surface area contributed by atoms with Crippen molar-refractivity contribution in [3.05, 3.63) is 43.3 Å². The fourth-order valence-corrected chi connectivity index (χ4v) is 1.06. The minimum atomic E-state index is 0. The van der Waals surface area contributed by atoms with Crippen molar-refractivity contribution >= 4 is 6.08 Å². The molecule has 0 aliphatic carbocycles. The SMILES string of the molecule is C1=Cc2ccccc2OC1.[C].[Mo]. The second-order valence-corrected chi connectivity index (χ2v) is 2.25. The van der Waals surface area contributed by atoms with Gasteiger partial charge in [-0.15, -0.1) is 0 Å². The summed E-state index contributed by atoms with van der Waals surface area (Å²) in [5.41, 5.74) is 1.17. The molecule has 1 aliphatic rings. The van der Waals surface area contributed by atoms with E-state index in [1.54, 1.807) is 0 Å². The van der Waals surface area contributed by atoms with Crippen LogP contribution in [0.2, 0.25) is 0 Å². The van der Waals surface area contributed by atoms with Crippen LogP contribution in [0.3, 0.4) is 0 Å². The van der Waals surface area contributed by atoms with Crippen LogP contribution in [-0.4, -0.2) is 6.61 Å². The zero-order valence-electron chi connectivity index (χ0n) is 6.49. The minimum Gasteiger partial charge on any atom is -0.489 e. The molecule has 1 aliphatic heterocycles. The Balaban J connectivity index is 0.000000605. The molecular weight excluding hydrogens is 232 g/mol. The molecule has 0 amide bonds. The van der Waals surface area contributed by atoms with Crippen molar-refractivity contribution in [1.82, 2.24) is 0 Å². The van der Waals surface area contributed by atoms with E-state index in [-0.39, 0.29) is 28.5 Å². The Kier molecular flexibility index (Phi) is 4.92. The molecule has 2 rings (SSSR count). The molecule has 0 spiro atoms. The predicted molar refractivity (Wildman–Crippen MR) is 44.2 cm³/mol. The molecule has 1 aromatic rings. The van der Waals surface area contributed by atoms with Gasteiger partial charge >= 0.3 is 0 Å². The Morgan fingerprint density at radius 3 is 2.67 bits per heavy atom. The molecular formula is C10H8MoO. The third-order valence-electron chi connectivity index (χ3n) is 1.55. The average molecular weight is 240 g/mol. The van der Waals surface area contributed by atoms with E-state index in [4.69, 9.17) is 4.74 Å². The number of fused-ring (bicyclic) bond motifs is 1. The number of benzene rings is 1. The molecule has 0 unspecified atom stereocenters. The Hall–Kier alpha value is -0.552. The first kappa shape index (κ1) is 11.4. The van der Waals surface area contributed by atoms with Gasteiger partial charge in [0.15, 0.2) is 0 Å². The number of para-hydroxylation sites is 1. The minimum absolute atomic E-state index is 0. The maximum atomic E-state index is 5.34. The molecule has 0 saturated heterocycles. The fourth-order valence-electron chi connectivity index (χ4n) is 1.06. The molecule has 1 nitrogen and oxygen atoms in total. The third-order valence-corrected chi connectivity index (χ3v) is 1.55. The van der Waals surface area contributed by atoms with E-state index in [9.17, 15) is 0 Å². The topological polar surface area (TPSA) is 9.23 Å². The van der Waals surface area contributed by atoms with E-state index in [0.717, 1.165) is 5.75 Å². The molecule has 0 saturated carbocycles. The molecule has 1 aromatic carbocycles.